The molecule has 0 spiro atoms. The summed E-state index contributed by atoms with van der Waals surface area (Å²) in [6.07, 6.45) is 1.23. The topological polar surface area (TPSA) is 38.0 Å². The van der Waals surface area contributed by atoms with Crippen molar-refractivity contribution in [3.05, 3.63) is 0 Å². The highest BCUT2D eigenvalue weighted by Crippen LogP contribution is 2.42. The average molecular weight is 156 g/mol. The van der Waals surface area contributed by atoms with E-state index < -0.39 is 0 Å². The number of nitrogens with two attached hydrogens (primary N) is 1. The van der Waals surface area contributed by atoms with Crippen molar-refractivity contribution in [3.63, 3.8) is 0 Å². The molecule has 2 nitrogen and oxygen atoms in total. The molecular formula is C9H20N2. The molecule has 1 atom stereocenters. The van der Waals surface area contributed by atoms with Crippen molar-refractivity contribution >= 4 is 0 Å². The van der Waals surface area contributed by atoms with Crippen molar-refractivity contribution in [2.45, 2.75) is 27.2 Å². The first kappa shape index (κ1) is 9.01. The van der Waals surface area contributed by atoms with Crippen LogP contribution in [0.2, 0.25) is 0 Å². The van der Waals surface area contributed by atoms with E-state index in [0.717, 1.165) is 19.6 Å². The molecule has 1 rings (SSSR count). The SMILES string of the molecule is CC(C)(C)C1(CN)CCNC1. The lowest BCUT2D eigenvalue weighted by molar-refractivity contribution is 0.119. The summed E-state index contributed by atoms with van der Waals surface area (Å²) < 4.78 is 0. The van der Waals surface area contributed by atoms with E-state index >= 15 is 0 Å². The van der Waals surface area contributed by atoms with Gasteiger partial charge in [0.15, 0.2) is 0 Å². The molecule has 66 valence electrons. The van der Waals surface area contributed by atoms with Gasteiger partial charge in [0.05, 0.1) is 0 Å². The molecule has 0 aromatic rings. The highest BCUT2D eigenvalue weighted by atomic mass is 14.9. The largest absolute Gasteiger partial charge is 0.330 e. The zero-order valence-corrected chi connectivity index (χ0v) is 7.91. The Hall–Kier alpha value is -0.0800. The molecule has 1 aliphatic heterocycles. The van der Waals surface area contributed by atoms with Crippen molar-refractivity contribution in [3.8, 4) is 0 Å². The van der Waals surface area contributed by atoms with Gasteiger partial charge in [-0.2, -0.15) is 0 Å². The highest BCUT2D eigenvalue weighted by molar-refractivity contribution is 4.96. The predicted octanol–water partition coefficient (Wildman–Crippen LogP) is 0.971. The van der Waals surface area contributed by atoms with Crippen LogP contribution >= 0.6 is 0 Å². The minimum Gasteiger partial charge on any atom is -0.330 e. The molecule has 1 fully saturated rings. The standard InChI is InChI=1S/C9H20N2/c1-8(2,3)9(6-10)4-5-11-7-9/h11H,4-7,10H2,1-3H3. The number of hydrogen-bond donors (Lipinski definition) is 2. The fourth-order valence-corrected chi connectivity index (χ4v) is 1.86. The monoisotopic (exact) mass is 156 g/mol. The smallest absolute Gasteiger partial charge is 0.00254 e. The van der Waals surface area contributed by atoms with E-state index in [2.05, 4.69) is 26.1 Å². The van der Waals surface area contributed by atoms with Crippen molar-refractivity contribution in [2.24, 2.45) is 16.6 Å². The van der Waals surface area contributed by atoms with Crippen LogP contribution in [0.15, 0.2) is 0 Å². The van der Waals surface area contributed by atoms with Gasteiger partial charge in [-0.15, -0.1) is 0 Å². The van der Waals surface area contributed by atoms with Gasteiger partial charge in [-0.25, -0.2) is 0 Å². The molecule has 0 aromatic heterocycles. The van der Waals surface area contributed by atoms with Crippen molar-refractivity contribution in [2.75, 3.05) is 19.6 Å². The van der Waals surface area contributed by atoms with E-state index in [4.69, 9.17) is 5.73 Å². The molecule has 0 amide bonds. The van der Waals surface area contributed by atoms with Crippen LogP contribution < -0.4 is 11.1 Å². The first-order valence-corrected chi connectivity index (χ1v) is 4.43. The van der Waals surface area contributed by atoms with E-state index in [0.29, 0.717) is 10.8 Å². The molecule has 1 saturated heterocycles. The van der Waals surface area contributed by atoms with Crippen LogP contribution in [0.1, 0.15) is 27.2 Å². The maximum Gasteiger partial charge on any atom is 0.00254 e. The second-order valence-electron chi connectivity index (χ2n) is 4.66. The minimum atomic E-state index is 0.339. The molecule has 0 saturated carbocycles. The molecule has 0 bridgehead atoms. The Morgan fingerprint density at radius 1 is 1.45 bits per heavy atom. The summed E-state index contributed by atoms with van der Waals surface area (Å²) in [5.41, 5.74) is 6.49. The lowest BCUT2D eigenvalue weighted by Crippen LogP contribution is -2.43. The van der Waals surface area contributed by atoms with Gasteiger partial charge in [-0.3, -0.25) is 0 Å². The van der Waals surface area contributed by atoms with Crippen molar-refractivity contribution in [1.29, 1.82) is 0 Å². The Bertz CT molecular complexity index is 129. The maximum absolute atomic E-state index is 5.81. The quantitative estimate of drug-likeness (QED) is 0.593. The lowest BCUT2D eigenvalue weighted by atomic mass is 9.66. The molecule has 0 radical (unpaired) electrons. The highest BCUT2D eigenvalue weighted by Gasteiger charge is 2.42. The van der Waals surface area contributed by atoms with Gasteiger partial charge in [0.2, 0.25) is 0 Å². The number of hydrogen-bond acceptors (Lipinski definition) is 2. The summed E-state index contributed by atoms with van der Waals surface area (Å²) in [6, 6.07) is 0. The number of nitrogens with one attached hydrogen (secondary N) is 1. The van der Waals surface area contributed by atoms with Crippen molar-refractivity contribution < 1.29 is 0 Å². The third kappa shape index (κ3) is 1.42. The summed E-state index contributed by atoms with van der Waals surface area (Å²) in [7, 11) is 0. The summed E-state index contributed by atoms with van der Waals surface area (Å²) in [5, 5.41) is 3.39. The normalized spacial score (nSPS) is 32.7. The summed E-state index contributed by atoms with van der Waals surface area (Å²) in [6.45, 7) is 9.89. The molecule has 1 unspecified atom stereocenters. The van der Waals surface area contributed by atoms with Crippen LogP contribution in [0, 0.1) is 10.8 Å². The van der Waals surface area contributed by atoms with E-state index in [-0.39, 0.29) is 0 Å². The second-order valence-corrected chi connectivity index (χ2v) is 4.66. The van der Waals surface area contributed by atoms with Crippen LogP contribution in [0.4, 0.5) is 0 Å². The second kappa shape index (κ2) is 2.76. The zero-order valence-electron chi connectivity index (χ0n) is 7.91. The Morgan fingerprint density at radius 2 is 2.09 bits per heavy atom. The summed E-state index contributed by atoms with van der Waals surface area (Å²) in [5.74, 6) is 0. The van der Waals surface area contributed by atoms with E-state index in [9.17, 15) is 0 Å². The summed E-state index contributed by atoms with van der Waals surface area (Å²) in [4.78, 5) is 0. The predicted molar refractivity (Wildman–Crippen MR) is 48.4 cm³/mol. The van der Waals surface area contributed by atoms with Gasteiger partial charge in [0.25, 0.3) is 0 Å². The van der Waals surface area contributed by atoms with Gasteiger partial charge in [0, 0.05) is 12.0 Å². The Kier molecular flexibility index (Phi) is 2.26. The van der Waals surface area contributed by atoms with E-state index in [1.165, 1.54) is 6.42 Å². The molecule has 1 heterocycles. The third-order valence-corrected chi connectivity index (χ3v) is 3.23. The molecule has 11 heavy (non-hydrogen) atoms. The van der Waals surface area contributed by atoms with Crippen molar-refractivity contribution in [1.82, 2.24) is 5.32 Å². The Balaban J connectivity index is 2.75. The van der Waals surface area contributed by atoms with E-state index in [1.807, 2.05) is 0 Å². The first-order valence-electron chi connectivity index (χ1n) is 4.43. The molecule has 0 aliphatic carbocycles. The van der Waals surface area contributed by atoms with E-state index in [1.54, 1.807) is 0 Å². The van der Waals surface area contributed by atoms with Crippen LogP contribution in [0.5, 0.6) is 0 Å². The third-order valence-electron chi connectivity index (χ3n) is 3.23. The fraction of sp³-hybridized carbons (Fsp3) is 1.00. The molecule has 0 aromatic carbocycles. The van der Waals surface area contributed by atoms with Gasteiger partial charge < -0.3 is 11.1 Å². The maximum atomic E-state index is 5.81. The van der Waals surface area contributed by atoms with Gasteiger partial charge in [-0.1, -0.05) is 20.8 Å². The zero-order chi connectivity index (χ0) is 8.54. The van der Waals surface area contributed by atoms with Gasteiger partial charge in [0.1, 0.15) is 0 Å². The molecule has 2 heteroatoms. The van der Waals surface area contributed by atoms with Crippen LogP contribution in [0.25, 0.3) is 0 Å². The van der Waals surface area contributed by atoms with Crippen LogP contribution in [-0.2, 0) is 0 Å². The molecule has 3 N–H and O–H groups in total. The van der Waals surface area contributed by atoms with Gasteiger partial charge >= 0.3 is 0 Å². The van der Waals surface area contributed by atoms with Gasteiger partial charge in [-0.05, 0) is 24.9 Å². The Labute approximate surface area is 69.5 Å². The average Bonchev–Trinajstić information content (AvgIpc) is 2.33. The number of rotatable bonds is 1. The van der Waals surface area contributed by atoms with Crippen LogP contribution in [0.3, 0.4) is 0 Å². The summed E-state index contributed by atoms with van der Waals surface area (Å²) >= 11 is 0. The fourth-order valence-electron chi connectivity index (χ4n) is 1.86. The Morgan fingerprint density at radius 3 is 2.27 bits per heavy atom. The lowest BCUT2D eigenvalue weighted by Gasteiger charge is -2.40. The molecular weight excluding hydrogens is 136 g/mol. The van der Waals surface area contributed by atoms with Crippen LogP contribution in [-0.4, -0.2) is 19.6 Å². The minimum absolute atomic E-state index is 0.339. The first-order chi connectivity index (χ1) is 5.02. The molecule has 1 aliphatic rings.